The molecular weight excluding hydrogens is 308 g/mol. The summed E-state index contributed by atoms with van der Waals surface area (Å²) in [6.07, 6.45) is 8.92. The van der Waals surface area contributed by atoms with Crippen LogP contribution in [0.1, 0.15) is 39.2 Å². The average Bonchev–Trinajstić information content (AvgIpc) is 3.15. The number of nitrogens with zero attached hydrogens (tertiary/aromatic N) is 3. The van der Waals surface area contributed by atoms with Gasteiger partial charge in [-0.05, 0) is 42.9 Å². The zero-order chi connectivity index (χ0) is 15.8. The van der Waals surface area contributed by atoms with E-state index in [0.29, 0.717) is 12.3 Å². The van der Waals surface area contributed by atoms with Crippen LogP contribution in [0.2, 0.25) is 0 Å². The Kier molecular flexibility index (Phi) is 3.61. The minimum absolute atomic E-state index is 0.0120. The summed E-state index contributed by atoms with van der Waals surface area (Å²) in [7, 11) is 0. The minimum Gasteiger partial charge on any atom is -0.346 e. The fraction of sp³-hybridized carbons (Fsp3) is 0.353. The van der Waals surface area contributed by atoms with Crippen molar-refractivity contribution < 1.29 is 4.79 Å². The van der Waals surface area contributed by atoms with Gasteiger partial charge in [-0.3, -0.25) is 9.20 Å². The highest BCUT2D eigenvalue weighted by Crippen LogP contribution is 2.32. The van der Waals surface area contributed by atoms with Gasteiger partial charge in [0.05, 0.1) is 17.1 Å². The van der Waals surface area contributed by atoms with E-state index in [0.717, 1.165) is 29.3 Å². The van der Waals surface area contributed by atoms with Crippen molar-refractivity contribution in [2.75, 3.05) is 0 Å². The number of aromatic nitrogens is 3. The monoisotopic (exact) mass is 326 g/mol. The predicted octanol–water partition coefficient (Wildman–Crippen LogP) is 2.85. The first-order chi connectivity index (χ1) is 11.2. The second-order valence-electron chi connectivity index (χ2n) is 6.15. The fourth-order valence-electron chi connectivity index (χ4n) is 3.04. The molecule has 5 nitrogen and oxygen atoms in total. The number of nitrogens with one attached hydrogen (secondary N) is 1. The number of aryl methyl sites for hydroxylation is 1. The number of carbonyl (C=O) groups is 1. The highest BCUT2D eigenvalue weighted by atomic mass is 32.1. The highest BCUT2D eigenvalue weighted by molar-refractivity contribution is 7.14. The number of rotatable bonds is 3. The van der Waals surface area contributed by atoms with E-state index in [1.165, 1.54) is 16.9 Å². The largest absolute Gasteiger partial charge is 0.346 e. The molecule has 1 unspecified atom stereocenters. The van der Waals surface area contributed by atoms with Gasteiger partial charge in [0.1, 0.15) is 0 Å². The normalized spacial score (nSPS) is 17.2. The number of carbonyl (C=O) groups excluding carboxylic acids is 1. The number of hydrogen-bond donors (Lipinski definition) is 1. The zero-order valence-electron chi connectivity index (χ0n) is 13.0. The van der Waals surface area contributed by atoms with Crippen LogP contribution in [0.5, 0.6) is 0 Å². The van der Waals surface area contributed by atoms with Gasteiger partial charge in [0.15, 0.2) is 0 Å². The van der Waals surface area contributed by atoms with Crippen LogP contribution in [0, 0.1) is 5.92 Å². The maximum Gasteiger partial charge on any atom is 0.261 e. The molecule has 0 spiro atoms. The highest BCUT2D eigenvalue weighted by Gasteiger charge is 2.20. The molecule has 0 fully saturated rings. The Morgan fingerprint density at radius 3 is 3.30 bits per heavy atom. The Morgan fingerprint density at radius 1 is 1.52 bits per heavy atom. The number of amides is 1. The lowest BCUT2D eigenvalue weighted by atomic mass is 9.90. The topological polar surface area (TPSA) is 59.3 Å². The summed E-state index contributed by atoms with van der Waals surface area (Å²) in [5.74, 6) is 1.36. The summed E-state index contributed by atoms with van der Waals surface area (Å²) < 4.78 is 1.85. The first-order valence-electron chi connectivity index (χ1n) is 7.87. The van der Waals surface area contributed by atoms with Crippen molar-refractivity contribution in [2.24, 2.45) is 5.92 Å². The van der Waals surface area contributed by atoms with Crippen LogP contribution in [0.25, 0.3) is 5.78 Å². The van der Waals surface area contributed by atoms with Gasteiger partial charge in [0.2, 0.25) is 5.78 Å². The maximum absolute atomic E-state index is 12.4. The van der Waals surface area contributed by atoms with Crippen LogP contribution in [-0.2, 0) is 19.4 Å². The van der Waals surface area contributed by atoms with E-state index in [9.17, 15) is 4.79 Å². The number of thiophene rings is 1. The van der Waals surface area contributed by atoms with Crippen LogP contribution in [-0.4, -0.2) is 20.3 Å². The smallest absolute Gasteiger partial charge is 0.261 e. The summed E-state index contributed by atoms with van der Waals surface area (Å²) >= 11 is 1.64. The molecule has 4 rings (SSSR count). The Labute approximate surface area is 138 Å². The fourth-order valence-corrected chi connectivity index (χ4v) is 4.17. The lowest BCUT2D eigenvalue weighted by Gasteiger charge is -2.16. The summed E-state index contributed by atoms with van der Waals surface area (Å²) in [5.41, 5.74) is 2.17. The van der Waals surface area contributed by atoms with Gasteiger partial charge in [-0.15, -0.1) is 11.3 Å². The third kappa shape index (κ3) is 2.86. The molecule has 1 atom stereocenters. The number of hydrogen-bond acceptors (Lipinski definition) is 4. The molecule has 23 heavy (non-hydrogen) atoms. The third-order valence-corrected chi connectivity index (χ3v) is 5.50. The lowest BCUT2D eigenvalue weighted by molar-refractivity contribution is 0.0954. The molecule has 3 aromatic heterocycles. The predicted molar refractivity (Wildman–Crippen MR) is 89.7 cm³/mol. The van der Waals surface area contributed by atoms with Crippen molar-refractivity contribution in [3.8, 4) is 0 Å². The minimum atomic E-state index is -0.0120. The van der Waals surface area contributed by atoms with Crippen molar-refractivity contribution in [1.82, 2.24) is 19.7 Å². The Balaban J connectivity index is 1.45. The molecule has 0 saturated heterocycles. The van der Waals surface area contributed by atoms with Gasteiger partial charge in [-0.2, -0.15) is 0 Å². The van der Waals surface area contributed by atoms with Gasteiger partial charge in [0, 0.05) is 23.5 Å². The molecule has 3 heterocycles. The van der Waals surface area contributed by atoms with E-state index < -0.39 is 0 Å². The molecule has 0 bridgehead atoms. The maximum atomic E-state index is 12.4. The summed E-state index contributed by atoms with van der Waals surface area (Å²) in [4.78, 5) is 23.1. The van der Waals surface area contributed by atoms with Gasteiger partial charge in [0.25, 0.3) is 5.91 Å². The number of imidazole rings is 1. The molecule has 0 saturated carbocycles. The molecule has 1 N–H and O–H groups in total. The molecular formula is C17H18N4OS. The quantitative estimate of drug-likeness (QED) is 0.805. The molecule has 0 aliphatic heterocycles. The van der Waals surface area contributed by atoms with Crippen LogP contribution >= 0.6 is 11.3 Å². The Bertz CT molecular complexity index is 833. The van der Waals surface area contributed by atoms with Gasteiger partial charge >= 0.3 is 0 Å². The van der Waals surface area contributed by atoms with Crippen molar-refractivity contribution in [3.63, 3.8) is 0 Å². The van der Waals surface area contributed by atoms with Crippen LogP contribution < -0.4 is 5.32 Å². The average molecular weight is 326 g/mol. The van der Waals surface area contributed by atoms with Crippen LogP contribution in [0.15, 0.2) is 30.7 Å². The first-order valence-corrected chi connectivity index (χ1v) is 8.69. The van der Waals surface area contributed by atoms with E-state index in [1.807, 2.05) is 22.9 Å². The molecule has 3 aromatic rings. The number of fused-ring (bicyclic) bond motifs is 2. The molecule has 6 heteroatoms. The molecule has 1 aliphatic rings. The third-order valence-electron chi connectivity index (χ3n) is 4.27. The van der Waals surface area contributed by atoms with Crippen LogP contribution in [0.3, 0.4) is 0 Å². The second-order valence-corrected chi connectivity index (χ2v) is 7.29. The SMILES string of the molecule is CC1CCc2sc(C(=O)NCc3cn4cccnc4n3)cc2C1. The molecule has 118 valence electrons. The van der Waals surface area contributed by atoms with E-state index in [-0.39, 0.29) is 5.91 Å². The standard InChI is InChI=1S/C17H18N4OS/c1-11-3-4-14-12(7-11)8-15(23-14)16(22)19-9-13-10-21-6-2-5-18-17(21)20-13/h2,5-6,8,10-11H,3-4,7,9H2,1H3,(H,19,22). The van der Waals surface area contributed by atoms with E-state index in [1.54, 1.807) is 17.5 Å². The van der Waals surface area contributed by atoms with Crippen LogP contribution in [0.4, 0.5) is 0 Å². The lowest BCUT2D eigenvalue weighted by Crippen LogP contribution is -2.21. The summed E-state index contributed by atoms with van der Waals surface area (Å²) in [5, 5.41) is 2.96. The van der Waals surface area contributed by atoms with Crippen molar-refractivity contribution >= 4 is 23.0 Å². The van der Waals surface area contributed by atoms with Crippen molar-refractivity contribution in [2.45, 2.75) is 32.7 Å². The first kappa shape index (κ1) is 14.4. The molecule has 1 amide bonds. The Hall–Kier alpha value is -2.21. The molecule has 0 radical (unpaired) electrons. The van der Waals surface area contributed by atoms with Gasteiger partial charge < -0.3 is 5.32 Å². The van der Waals surface area contributed by atoms with Crippen molar-refractivity contribution in [3.05, 3.63) is 51.7 Å². The zero-order valence-corrected chi connectivity index (χ0v) is 13.8. The Morgan fingerprint density at radius 2 is 2.43 bits per heavy atom. The van der Waals surface area contributed by atoms with E-state index in [2.05, 4.69) is 28.3 Å². The van der Waals surface area contributed by atoms with Gasteiger partial charge in [-0.1, -0.05) is 6.92 Å². The van der Waals surface area contributed by atoms with E-state index >= 15 is 0 Å². The van der Waals surface area contributed by atoms with Gasteiger partial charge in [-0.25, -0.2) is 9.97 Å². The summed E-state index contributed by atoms with van der Waals surface area (Å²) in [6.45, 7) is 2.69. The summed E-state index contributed by atoms with van der Waals surface area (Å²) in [6, 6.07) is 3.92. The molecule has 0 aromatic carbocycles. The second kappa shape index (κ2) is 5.77. The molecule has 1 aliphatic carbocycles. The van der Waals surface area contributed by atoms with E-state index in [4.69, 9.17) is 0 Å². The van der Waals surface area contributed by atoms with Crippen molar-refractivity contribution in [1.29, 1.82) is 0 Å².